The van der Waals surface area contributed by atoms with Gasteiger partial charge in [0.05, 0.1) is 29.4 Å². The molecule has 3 aromatic rings. The van der Waals surface area contributed by atoms with Gasteiger partial charge in [0.1, 0.15) is 11.5 Å². The van der Waals surface area contributed by atoms with E-state index in [-0.39, 0.29) is 24.0 Å². The molecular weight excluding hydrogens is 326 g/mol. The minimum atomic E-state index is -1.21. The van der Waals surface area contributed by atoms with Crippen LogP contribution in [0.1, 0.15) is 27.6 Å². The molecule has 6 heteroatoms. The zero-order chi connectivity index (χ0) is 16.9. The molecule has 1 N–H and O–H groups in total. The number of carbonyl (C=O) groups excluding carboxylic acids is 1. The molecule has 0 fully saturated rings. The second-order valence-electron chi connectivity index (χ2n) is 5.33. The molecule has 24 heavy (non-hydrogen) atoms. The maximum Gasteiger partial charge on any atom is 0.287 e. The lowest BCUT2D eigenvalue weighted by Gasteiger charge is -2.02. The van der Waals surface area contributed by atoms with Crippen LogP contribution in [0.2, 0.25) is 0 Å². The van der Waals surface area contributed by atoms with Crippen molar-refractivity contribution in [3.05, 3.63) is 77.6 Å². The third-order valence-electron chi connectivity index (χ3n) is 3.41. The number of benzene rings is 1. The van der Waals surface area contributed by atoms with Crippen molar-refractivity contribution in [2.75, 3.05) is 0 Å². The van der Waals surface area contributed by atoms with E-state index in [1.807, 2.05) is 31.2 Å². The summed E-state index contributed by atoms with van der Waals surface area (Å²) in [6.45, 7) is 2.24. The highest BCUT2D eigenvalue weighted by molar-refractivity contribution is 7.84. The molecule has 2 heterocycles. The molecule has 5 nitrogen and oxygen atoms in total. The summed E-state index contributed by atoms with van der Waals surface area (Å²) in [5, 5.41) is 2.70. The summed E-state index contributed by atoms with van der Waals surface area (Å²) in [7, 11) is -1.21. The molecule has 3 rings (SSSR count). The van der Waals surface area contributed by atoms with Crippen molar-refractivity contribution in [1.82, 2.24) is 5.32 Å². The van der Waals surface area contributed by atoms with Gasteiger partial charge in [-0.2, -0.15) is 0 Å². The molecule has 1 aromatic carbocycles. The predicted octanol–water partition coefficient (Wildman–Crippen LogP) is 3.42. The Balaban J connectivity index is 1.60. The number of hydrogen-bond donors (Lipinski definition) is 1. The minimum absolute atomic E-state index is 0.192. The highest BCUT2D eigenvalue weighted by Crippen LogP contribution is 2.16. The quantitative estimate of drug-likeness (QED) is 0.744. The van der Waals surface area contributed by atoms with Crippen LogP contribution in [0.3, 0.4) is 0 Å². The highest BCUT2D eigenvalue weighted by atomic mass is 32.2. The number of rotatable bonds is 6. The first-order valence-electron chi connectivity index (χ1n) is 7.46. The molecule has 0 spiro atoms. The zero-order valence-electron chi connectivity index (χ0n) is 13.2. The van der Waals surface area contributed by atoms with Gasteiger partial charge in [0.2, 0.25) is 0 Å². The predicted molar refractivity (Wildman–Crippen MR) is 89.9 cm³/mol. The third kappa shape index (κ3) is 4.02. The van der Waals surface area contributed by atoms with E-state index in [9.17, 15) is 9.00 Å². The molecule has 0 saturated heterocycles. The highest BCUT2D eigenvalue weighted by Gasteiger charge is 2.14. The van der Waals surface area contributed by atoms with Gasteiger partial charge in [-0.3, -0.25) is 9.00 Å². The summed E-state index contributed by atoms with van der Waals surface area (Å²) in [4.78, 5) is 12.8. The number of furan rings is 2. The second-order valence-corrected chi connectivity index (χ2v) is 6.79. The topological polar surface area (TPSA) is 72.5 Å². The molecule has 124 valence electrons. The third-order valence-corrected chi connectivity index (χ3v) is 4.74. The number of hydrogen-bond acceptors (Lipinski definition) is 4. The normalized spacial score (nSPS) is 12.0. The zero-order valence-corrected chi connectivity index (χ0v) is 14.0. The maximum atomic E-state index is 12.4. The summed E-state index contributed by atoms with van der Waals surface area (Å²) in [6.07, 6.45) is 1.55. The Hall–Kier alpha value is -2.60. The van der Waals surface area contributed by atoms with Crippen molar-refractivity contribution >= 4 is 16.7 Å². The maximum absolute atomic E-state index is 12.4. The largest absolute Gasteiger partial charge is 0.467 e. The van der Waals surface area contributed by atoms with Gasteiger partial charge in [0, 0.05) is 4.90 Å². The van der Waals surface area contributed by atoms with E-state index in [1.54, 1.807) is 30.5 Å². The van der Waals surface area contributed by atoms with Crippen molar-refractivity contribution in [3.63, 3.8) is 0 Å². The van der Waals surface area contributed by atoms with Crippen LogP contribution >= 0.6 is 0 Å². The Kier molecular flexibility index (Phi) is 4.96. The van der Waals surface area contributed by atoms with Crippen LogP contribution in [0.4, 0.5) is 0 Å². The average molecular weight is 343 g/mol. The van der Waals surface area contributed by atoms with Crippen LogP contribution in [-0.2, 0) is 23.1 Å². The van der Waals surface area contributed by atoms with Crippen molar-refractivity contribution in [1.29, 1.82) is 0 Å². The lowest BCUT2D eigenvalue weighted by molar-refractivity contribution is 0.0919. The van der Waals surface area contributed by atoms with Crippen molar-refractivity contribution in [3.8, 4) is 0 Å². The van der Waals surface area contributed by atoms with Crippen LogP contribution in [-0.4, -0.2) is 10.1 Å². The fraction of sp³-hybridized carbons (Fsp3) is 0.167. The van der Waals surface area contributed by atoms with Crippen LogP contribution < -0.4 is 5.32 Å². The monoisotopic (exact) mass is 343 g/mol. The molecule has 0 aliphatic carbocycles. The first-order chi connectivity index (χ1) is 11.6. The van der Waals surface area contributed by atoms with Gasteiger partial charge in [-0.15, -0.1) is 0 Å². The molecular formula is C18H17NO4S. The summed E-state index contributed by atoms with van der Waals surface area (Å²) in [5.41, 5.74) is 1.05. The SMILES string of the molecule is Cc1cccc([S@](=O)Cc2ccc(C(=O)NCc3ccco3)o2)c1. The molecule has 0 saturated carbocycles. The summed E-state index contributed by atoms with van der Waals surface area (Å²) in [5.74, 6) is 1.26. The molecule has 0 unspecified atom stereocenters. The number of amides is 1. The standard InChI is InChI=1S/C18H17NO4S/c1-13-4-2-6-16(10-13)24(21)12-15-7-8-17(23-15)18(20)19-11-14-5-3-9-22-14/h2-10H,11-12H2,1H3,(H,19,20)/t24-/m1/s1. The smallest absolute Gasteiger partial charge is 0.287 e. The van der Waals surface area contributed by atoms with Crippen LogP contribution in [0, 0.1) is 6.92 Å². The van der Waals surface area contributed by atoms with E-state index in [2.05, 4.69) is 5.32 Å². The van der Waals surface area contributed by atoms with E-state index in [0.717, 1.165) is 10.5 Å². The molecule has 0 aliphatic heterocycles. The van der Waals surface area contributed by atoms with Gasteiger partial charge in [-0.25, -0.2) is 0 Å². The molecule has 2 aromatic heterocycles. The number of carbonyl (C=O) groups is 1. The van der Waals surface area contributed by atoms with E-state index in [4.69, 9.17) is 8.83 Å². The van der Waals surface area contributed by atoms with Crippen molar-refractivity contribution in [2.24, 2.45) is 0 Å². The van der Waals surface area contributed by atoms with E-state index < -0.39 is 10.8 Å². The van der Waals surface area contributed by atoms with E-state index >= 15 is 0 Å². The van der Waals surface area contributed by atoms with E-state index in [1.165, 1.54) is 0 Å². The van der Waals surface area contributed by atoms with E-state index in [0.29, 0.717) is 11.5 Å². The van der Waals surface area contributed by atoms with Gasteiger partial charge in [0.25, 0.3) is 5.91 Å². The first-order valence-corrected chi connectivity index (χ1v) is 8.78. The molecule has 1 atom stereocenters. The lowest BCUT2D eigenvalue weighted by Crippen LogP contribution is -2.21. The lowest BCUT2D eigenvalue weighted by atomic mass is 10.2. The fourth-order valence-electron chi connectivity index (χ4n) is 2.21. The van der Waals surface area contributed by atoms with Crippen LogP contribution in [0.5, 0.6) is 0 Å². The number of aryl methyl sites for hydroxylation is 1. The first kappa shape index (κ1) is 16.3. The van der Waals surface area contributed by atoms with Crippen LogP contribution in [0.25, 0.3) is 0 Å². The number of nitrogens with one attached hydrogen (secondary N) is 1. The fourth-order valence-corrected chi connectivity index (χ4v) is 3.34. The van der Waals surface area contributed by atoms with Crippen molar-refractivity contribution in [2.45, 2.75) is 24.1 Å². The van der Waals surface area contributed by atoms with Crippen LogP contribution in [0.15, 0.2) is 68.5 Å². The Bertz CT molecular complexity index is 852. The Morgan fingerprint density at radius 2 is 2.00 bits per heavy atom. The minimum Gasteiger partial charge on any atom is -0.467 e. The Morgan fingerprint density at radius 3 is 2.75 bits per heavy atom. The Morgan fingerprint density at radius 1 is 1.12 bits per heavy atom. The van der Waals surface area contributed by atoms with Gasteiger partial charge < -0.3 is 14.2 Å². The van der Waals surface area contributed by atoms with Gasteiger partial charge in [-0.05, 0) is 48.9 Å². The molecule has 0 bridgehead atoms. The molecule has 0 aliphatic rings. The van der Waals surface area contributed by atoms with Gasteiger partial charge in [0.15, 0.2) is 5.76 Å². The van der Waals surface area contributed by atoms with Gasteiger partial charge >= 0.3 is 0 Å². The second kappa shape index (κ2) is 7.31. The van der Waals surface area contributed by atoms with Gasteiger partial charge in [-0.1, -0.05) is 12.1 Å². The van der Waals surface area contributed by atoms with Crippen molar-refractivity contribution < 1.29 is 17.8 Å². The summed E-state index contributed by atoms with van der Waals surface area (Å²) in [6, 6.07) is 14.3. The summed E-state index contributed by atoms with van der Waals surface area (Å²) >= 11 is 0. The molecule has 1 amide bonds. The summed E-state index contributed by atoms with van der Waals surface area (Å²) < 4.78 is 23.0. The average Bonchev–Trinajstić information content (AvgIpc) is 3.24. The molecule has 0 radical (unpaired) electrons. The Labute approximate surface area is 142 Å².